The summed E-state index contributed by atoms with van der Waals surface area (Å²) in [5, 5.41) is 3.22. The van der Waals surface area contributed by atoms with E-state index in [2.05, 4.69) is 10.3 Å². The molecule has 1 aliphatic rings. The van der Waals surface area contributed by atoms with Crippen molar-refractivity contribution in [3.05, 3.63) is 40.3 Å². The van der Waals surface area contributed by atoms with E-state index in [1.807, 2.05) is 20.8 Å². The molecule has 3 amide bonds. The Balaban J connectivity index is 2.03. The first kappa shape index (κ1) is 26.8. The summed E-state index contributed by atoms with van der Waals surface area (Å²) < 4.78 is 43.6. The number of nitrogens with one attached hydrogen (secondary N) is 1. The Morgan fingerprint density at radius 1 is 1.06 bits per heavy atom. The van der Waals surface area contributed by atoms with Gasteiger partial charge in [-0.05, 0) is 59.2 Å². The molecule has 2 aromatic rings. The van der Waals surface area contributed by atoms with Gasteiger partial charge in [0.2, 0.25) is 0 Å². The molecule has 11 heteroatoms. The summed E-state index contributed by atoms with van der Waals surface area (Å²) in [7, 11) is 0. The third-order valence-corrected chi connectivity index (χ3v) is 5.98. The Bertz CT molecular complexity index is 1100. The zero-order valence-electron chi connectivity index (χ0n) is 20.8. The number of piperazine rings is 1. The molecule has 0 atom stereocenters. The number of alkyl halides is 3. The summed E-state index contributed by atoms with van der Waals surface area (Å²) in [6.45, 7) is 11.1. The van der Waals surface area contributed by atoms with Gasteiger partial charge in [-0.1, -0.05) is 11.6 Å². The van der Waals surface area contributed by atoms with Crippen LogP contribution in [0.25, 0.3) is 11.3 Å². The molecule has 0 bridgehead atoms. The topological polar surface area (TPSA) is 70.5 Å². The maximum Gasteiger partial charge on any atom is 0.431 e. The van der Waals surface area contributed by atoms with E-state index < -0.39 is 29.4 Å². The molecule has 3 rings (SSSR count). The predicted octanol–water partition coefficient (Wildman–Crippen LogP) is 5.38. The fourth-order valence-corrected chi connectivity index (χ4v) is 4.40. The minimum Gasteiger partial charge on any atom is -0.334 e. The molecule has 1 N–H and O–H groups in total. The van der Waals surface area contributed by atoms with Gasteiger partial charge < -0.3 is 19.7 Å². The number of carbonyl (C=O) groups is 2. The van der Waals surface area contributed by atoms with Crippen molar-refractivity contribution in [3.8, 4) is 11.3 Å². The lowest BCUT2D eigenvalue weighted by Gasteiger charge is -2.36. The van der Waals surface area contributed by atoms with Crippen LogP contribution in [0.5, 0.6) is 0 Å². The first-order valence-electron chi connectivity index (χ1n) is 11.4. The maximum atomic E-state index is 14.2. The number of amides is 3. The first-order chi connectivity index (χ1) is 16.1. The standard InChI is InChI=1S/C24H31ClF3N5O2/c1-14(2)33-19(21(34)31-9-11-32(12-10-31)22(35)30-23(4,5)6)18(15(3)20(33)24(26,27)28)17-8-7-16(25)13-29-17/h7-8,13-14H,9-12H2,1-6H3,(H,30,35). The minimum atomic E-state index is -4.67. The predicted molar refractivity (Wildman–Crippen MR) is 129 cm³/mol. The van der Waals surface area contributed by atoms with Gasteiger partial charge in [0.15, 0.2) is 0 Å². The number of pyridine rings is 1. The van der Waals surface area contributed by atoms with E-state index in [1.165, 1.54) is 30.2 Å². The summed E-state index contributed by atoms with van der Waals surface area (Å²) in [6.07, 6.45) is -3.32. The summed E-state index contributed by atoms with van der Waals surface area (Å²) in [6, 6.07) is 2.17. The number of halogens is 4. The molecule has 1 saturated heterocycles. The van der Waals surface area contributed by atoms with Crippen LogP contribution in [0, 0.1) is 6.92 Å². The average molecular weight is 514 g/mol. The quantitative estimate of drug-likeness (QED) is 0.599. The lowest BCUT2D eigenvalue weighted by molar-refractivity contribution is -0.144. The van der Waals surface area contributed by atoms with Crippen LogP contribution in [0.3, 0.4) is 0 Å². The molecule has 0 aliphatic carbocycles. The number of rotatable bonds is 3. The van der Waals surface area contributed by atoms with E-state index in [4.69, 9.17) is 11.6 Å². The van der Waals surface area contributed by atoms with E-state index in [-0.39, 0.29) is 54.7 Å². The normalized spacial score (nSPS) is 15.1. The van der Waals surface area contributed by atoms with E-state index >= 15 is 0 Å². The second-order valence-electron chi connectivity index (χ2n) is 9.98. The third kappa shape index (κ3) is 5.74. The fraction of sp³-hybridized carbons (Fsp3) is 0.542. The molecule has 0 radical (unpaired) electrons. The Morgan fingerprint density at radius 3 is 2.09 bits per heavy atom. The van der Waals surface area contributed by atoms with Crippen LogP contribution in [0.4, 0.5) is 18.0 Å². The van der Waals surface area contributed by atoms with Gasteiger partial charge in [-0.25, -0.2) is 4.79 Å². The monoisotopic (exact) mass is 513 g/mol. The molecule has 1 aliphatic heterocycles. The zero-order valence-corrected chi connectivity index (χ0v) is 21.5. The van der Waals surface area contributed by atoms with Gasteiger partial charge in [-0.3, -0.25) is 9.78 Å². The van der Waals surface area contributed by atoms with Gasteiger partial charge in [0.05, 0.1) is 10.7 Å². The van der Waals surface area contributed by atoms with E-state index in [1.54, 1.807) is 18.7 Å². The number of nitrogens with zero attached hydrogens (tertiary/aromatic N) is 4. The highest BCUT2D eigenvalue weighted by Gasteiger charge is 2.43. The van der Waals surface area contributed by atoms with Gasteiger partial charge >= 0.3 is 12.2 Å². The number of carbonyl (C=O) groups excluding carboxylic acids is 2. The summed E-state index contributed by atoms with van der Waals surface area (Å²) in [4.78, 5) is 33.6. The van der Waals surface area contributed by atoms with Crippen LogP contribution in [0.15, 0.2) is 18.3 Å². The largest absolute Gasteiger partial charge is 0.431 e. The number of aromatic nitrogens is 2. The smallest absolute Gasteiger partial charge is 0.334 e. The molecule has 0 aromatic carbocycles. The highest BCUT2D eigenvalue weighted by molar-refractivity contribution is 6.30. The van der Waals surface area contributed by atoms with Crippen LogP contribution in [-0.2, 0) is 6.18 Å². The van der Waals surface area contributed by atoms with Crippen molar-refractivity contribution in [3.63, 3.8) is 0 Å². The molecule has 2 aromatic heterocycles. The lowest BCUT2D eigenvalue weighted by atomic mass is 10.0. The summed E-state index contributed by atoms with van der Waals surface area (Å²) in [5.74, 6) is -0.528. The molecule has 1 fully saturated rings. The van der Waals surface area contributed by atoms with E-state index in [9.17, 15) is 22.8 Å². The molecule has 0 unspecified atom stereocenters. The van der Waals surface area contributed by atoms with Gasteiger partial charge in [0.1, 0.15) is 11.4 Å². The first-order valence-corrected chi connectivity index (χ1v) is 11.8. The van der Waals surface area contributed by atoms with Gasteiger partial charge in [-0.15, -0.1) is 0 Å². The molecule has 0 saturated carbocycles. The SMILES string of the molecule is Cc1c(-c2ccc(Cl)cn2)c(C(=O)N2CCN(C(=O)NC(C)(C)C)CC2)n(C(C)C)c1C(F)(F)F. The highest BCUT2D eigenvalue weighted by Crippen LogP contribution is 2.42. The van der Waals surface area contributed by atoms with Crippen LogP contribution < -0.4 is 5.32 Å². The Labute approximate surface area is 208 Å². The van der Waals surface area contributed by atoms with Crippen molar-refractivity contribution in [2.24, 2.45) is 0 Å². The molecule has 3 heterocycles. The van der Waals surface area contributed by atoms with Crippen LogP contribution in [0.2, 0.25) is 5.02 Å². The van der Waals surface area contributed by atoms with Crippen LogP contribution >= 0.6 is 11.6 Å². The van der Waals surface area contributed by atoms with Gasteiger partial charge in [0, 0.05) is 49.5 Å². The zero-order chi connectivity index (χ0) is 26.3. The van der Waals surface area contributed by atoms with E-state index in [0.29, 0.717) is 5.02 Å². The third-order valence-electron chi connectivity index (χ3n) is 5.76. The van der Waals surface area contributed by atoms with Crippen molar-refractivity contribution in [2.45, 2.75) is 59.3 Å². The average Bonchev–Trinajstić information content (AvgIpc) is 3.06. The minimum absolute atomic E-state index is 0.0624. The molecule has 35 heavy (non-hydrogen) atoms. The number of urea groups is 1. The molecular weight excluding hydrogens is 483 g/mol. The second kappa shape index (κ2) is 9.72. The summed E-state index contributed by atoms with van der Waals surface area (Å²) in [5.41, 5.74) is -1.02. The Kier molecular flexibility index (Phi) is 7.45. The summed E-state index contributed by atoms with van der Waals surface area (Å²) >= 11 is 5.94. The van der Waals surface area contributed by atoms with E-state index in [0.717, 1.165) is 4.57 Å². The molecular formula is C24H31ClF3N5O2. The highest BCUT2D eigenvalue weighted by atomic mass is 35.5. The lowest BCUT2D eigenvalue weighted by Crippen LogP contribution is -2.56. The van der Waals surface area contributed by atoms with Crippen LogP contribution in [-0.4, -0.2) is 63.0 Å². The van der Waals surface area contributed by atoms with Gasteiger partial charge in [-0.2, -0.15) is 13.2 Å². The Hall–Kier alpha value is -2.75. The Morgan fingerprint density at radius 2 is 1.63 bits per heavy atom. The fourth-order valence-electron chi connectivity index (χ4n) is 4.28. The van der Waals surface area contributed by atoms with Crippen molar-refractivity contribution >= 4 is 23.5 Å². The number of hydrogen-bond acceptors (Lipinski definition) is 3. The maximum absolute atomic E-state index is 14.2. The second-order valence-corrected chi connectivity index (χ2v) is 10.4. The van der Waals surface area contributed by atoms with Crippen molar-refractivity contribution in [2.75, 3.05) is 26.2 Å². The molecule has 0 spiro atoms. The van der Waals surface area contributed by atoms with Crippen LogP contribution in [0.1, 0.15) is 62.4 Å². The molecule has 7 nitrogen and oxygen atoms in total. The number of hydrogen-bond donors (Lipinski definition) is 1. The van der Waals surface area contributed by atoms with Crippen molar-refractivity contribution in [1.82, 2.24) is 24.7 Å². The van der Waals surface area contributed by atoms with Gasteiger partial charge in [0.25, 0.3) is 5.91 Å². The van der Waals surface area contributed by atoms with Crippen molar-refractivity contribution in [1.29, 1.82) is 0 Å². The van der Waals surface area contributed by atoms with Crippen molar-refractivity contribution < 1.29 is 22.8 Å². The molecule has 192 valence electrons.